The average molecular weight is 483 g/mol. The lowest BCUT2D eigenvalue weighted by molar-refractivity contribution is 0.369. The topological polar surface area (TPSA) is 84.9 Å². The smallest absolute Gasteiger partial charge is 0.246 e. The number of hydrogen-bond donors (Lipinski definition) is 0. The third kappa shape index (κ3) is 4.58. The van der Waals surface area contributed by atoms with Crippen LogP contribution in [0.1, 0.15) is 16.7 Å². The summed E-state index contributed by atoms with van der Waals surface area (Å²) in [4.78, 5) is 2.19. The van der Waals surface area contributed by atoms with Crippen molar-refractivity contribution in [2.24, 2.45) is 0 Å². The van der Waals surface area contributed by atoms with Crippen molar-refractivity contribution in [1.29, 1.82) is 0 Å². The molecule has 0 unspecified atom stereocenters. The van der Waals surface area contributed by atoms with E-state index < -0.39 is 10.0 Å². The van der Waals surface area contributed by atoms with Crippen molar-refractivity contribution in [3.63, 3.8) is 0 Å². The lowest BCUT2D eigenvalue weighted by Gasteiger charge is -2.34. The highest BCUT2D eigenvalue weighted by atomic mass is 32.2. The van der Waals surface area contributed by atoms with Gasteiger partial charge in [0.2, 0.25) is 10.0 Å². The van der Waals surface area contributed by atoms with Crippen LogP contribution in [0.4, 0.5) is 5.82 Å². The van der Waals surface area contributed by atoms with Crippen LogP contribution in [0.15, 0.2) is 47.4 Å². The monoisotopic (exact) mass is 482 g/mol. The number of ether oxygens (including phenoxy) is 2. The van der Waals surface area contributed by atoms with Crippen molar-refractivity contribution in [2.45, 2.75) is 25.7 Å². The van der Waals surface area contributed by atoms with Crippen molar-refractivity contribution in [1.82, 2.24) is 14.5 Å². The minimum atomic E-state index is -3.70. The van der Waals surface area contributed by atoms with Gasteiger partial charge in [-0.05, 0) is 67.8 Å². The average Bonchev–Trinajstić information content (AvgIpc) is 2.86. The molecule has 0 bridgehead atoms. The van der Waals surface area contributed by atoms with Crippen LogP contribution in [0.25, 0.3) is 11.3 Å². The van der Waals surface area contributed by atoms with Crippen LogP contribution in [0, 0.1) is 20.8 Å². The van der Waals surface area contributed by atoms with E-state index in [1.54, 1.807) is 12.1 Å². The molecule has 0 aliphatic carbocycles. The highest BCUT2D eigenvalue weighted by Crippen LogP contribution is 2.31. The second-order valence-electron chi connectivity index (χ2n) is 8.44. The van der Waals surface area contributed by atoms with Gasteiger partial charge in [-0.15, -0.1) is 10.2 Å². The van der Waals surface area contributed by atoms with Crippen molar-refractivity contribution in [3.8, 4) is 22.8 Å². The number of hydrogen-bond acceptors (Lipinski definition) is 7. The Bertz CT molecular complexity index is 1290. The molecule has 1 aromatic heterocycles. The standard InChI is InChI=1S/C25H30N4O4S/c1-17-14-19(3)21(15-18(17)2)22-7-9-25(27-26-22)28-10-12-29(13-11-28)34(30,31)24-8-6-20(32-4)16-23(24)33-5/h6-9,14-16H,10-13H2,1-5H3. The molecule has 8 nitrogen and oxygen atoms in total. The summed E-state index contributed by atoms with van der Waals surface area (Å²) in [6, 6.07) is 13.0. The molecule has 1 aliphatic heterocycles. The molecule has 0 amide bonds. The molecule has 4 rings (SSSR count). The molecule has 0 spiro atoms. The minimum Gasteiger partial charge on any atom is -0.497 e. The van der Waals surface area contributed by atoms with Crippen molar-refractivity contribution in [3.05, 3.63) is 59.2 Å². The van der Waals surface area contributed by atoms with Crippen LogP contribution in [-0.2, 0) is 10.0 Å². The summed E-state index contributed by atoms with van der Waals surface area (Å²) in [7, 11) is -0.720. The fourth-order valence-electron chi connectivity index (χ4n) is 4.16. The Balaban J connectivity index is 1.47. The summed E-state index contributed by atoms with van der Waals surface area (Å²) in [6.45, 7) is 8.01. The Labute approximate surface area is 201 Å². The summed E-state index contributed by atoms with van der Waals surface area (Å²) in [6.07, 6.45) is 0. The molecule has 2 aromatic carbocycles. The van der Waals surface area contributed by atoms with Crippen LogP contribution >= 0.6 is 0 Å². The molecular formula is C25H30N4O4S. The third-order valence-corrected chi connectivity index (χ3v) is 8.26. The number of benzene rings is 2. The van der Waals surface area contributed by atoms with Crippen molar-refractivity contribution >= 4 is 15.8 Å². The molecule has 1 aliphatic rings. The molecule has 9 heteroatoms. The fourth-order valence-corrected chi connectivity index (χ4v) is 5.72. The molecule has 0 atom stereocenters. The van der Waals surface area contributed by atoms with Gasteiger partial charge in [0.15, 0.2) is 5.82 Å². The lowest BCUT2D eigenvalue weighted by atomic mass is 9.99. The molecule has 180 valence electrons. The number of aryl methyl sites for hydroxylation is 3. The number of rotatable bonds is 6. The zero-order chi connectivity index (χ0) is 24.5. The van der Waals surface area contributed by atoms with Crippen molar-refractivity contribution in [2.75, 3.05) is 45.3 Å². The van der Waals surface area contributed by atoms with Crippen LogP contribution in [-0.4, -0.2) is 63.3 Å². The SMILES string of the molecule is COc1ccc(S(=O)(=O)N2CCN(c3ccc(-c4cc(C)c(C)cc4C)nn3)CC2)c(OC)c1. The van der Waals surface area contributed by atoms with Gasteiger partial charge in [-0.1, -0.05) is 6.07 Å². The van der Waals surface area contributed by atoms with E-state index in [4.69, 9.17) is 9.47 Å². The lowest BCUT2D eigenvalue weighted by Crippen LogP contribution is -2.49. The Kier molecular flexibility index (Phi) is 6.77. The van der Waals surface area contributed by atoms with E-state index in [9.17, 15) is 8.42 Å². The Hall–Kier alpha value is -3.17. The number of methoxy groups -OCH3 is 2. The first-order valence-corrected chi connectivity index (χ1v) is 12.6. The second-order valence-corrected chi connectivity index (χ2v) is 10.3. The normalized spacial score (nSPS) is 14.8. The van der Waals surface area contributed by atoms with Gasteiger partial charge in [0.25, 0.3) is 0 Å². The van der Waals surface area contributed by atoms with Crippen LogP contribution < -0.4 is 14.4 Å². The van der Waals surface area contributed by atoms with Gasteiger partial charge in [-0.25, -0.2) is 8.42 Å². The number of sulfonamides is 1. The Morgan fingerprint density at radius 1 is 0.794 bits per heavy atom. The summed E-state index contributed by atoms with van der Waals surface area (Å²) >= 11 is 0. The molecule has 0 saturated carbocycles. The minimum absolute atomic E-state index is 0.136. The highest BCUT2D eigenvalue weighted by molar-refractivity contribution is 7.89. The third-order valence-electron chi connectivity index (χ3n) is 6.32. The number of anilines is 1. The summed E-state index contributed by atoms with van der Waals surface area (Å²) in [5.74, 6) is 1.55. The van der Waals surface area contributed by atoms with E-state index in [1.165, 1.54) is 35.7 Å². The van der Waals surface area contributed by atoms with Gasteiger partial charge in [0.1, 0.15) is 16.4 Å². The molecule has 0 radical (unpaired) electrons. The molecule has 3 aromatic rings. The second kappa shape index (κ2) is 9.60. The molecule has 34 heavy (non-hydrogen) atoms. The van der Waals surface area contributed by atoms with E-state index in [2.05, 4.69) is 48.0 Å². The Morgan fingerprint density at radius 2 is 1.50 bits per heavy atom. The number of aromatic nitrogens is 2. The maximum Gasteiger partial charge on any atom is 0.246 e. The first-order chi connectivity index (χ1) is 16.2. The highest BCUT2D eigenvalue weighted by Gasteiger charge is 2.31. The molecule has 1 fully saturated rings. The van der Waals surface area contributed by atoms with Gasteiger partial charge in [-0.3, -0.25) is 0 Å². The molecule has 0 N–H and O–H groups in total. The van der Waals surface area contributed by atoms with Crippen LogP contribution in [0.2, 0.25) is 0 Å². The zero-order valence-corrected chi connectivity index (χ0v) is 21.0. The number of nitrogens with zero attached hydrogens (tertiary/aromatic N) is 4. The quantitative estimate of drug-likeness (QED) is 0.531. The van der Waals surface area contributed by atoms with E-state index >= 15 is 0 Å². The first-order valence-electron chi connectivity index (χ1n) is 11.1. The van der Waals surface area contributed by atoms with Crippen molar-refractivity contribution < 1.29 is 17.9 Å². The van der Waals surface area contributed by atoms with Crippen LogP contribution in [0.5, 0.6) is 11.5 Å². The summed E-state index contributed by atoms with van der Waals surface area (Å²) in [5.41, 5.74) is 5.55. The Morgan fingerprint density at radius 3 is 2.12 bits per heavy atom. The largest absolute Gasteiger partial charge is 0.497 e. The summed E-state index contributed by atoms with van der Waals surface area (Å²) in [5, 5.41) is 8.90. The van der Waals surface area contributed by atoms with Gasteiger partial charge in [0, 0.05) is 37.8 Å². The molecule has 1 saturated heterocycles. The van der Waals surface area contributed by atoms with E-state index in [1.807, 2.05) is 12.1 Å². The van der Waals surface area contributed by atoms with Gasteiger partial charge < -0.3 is 14.4 Å². The maximum absolute atomic E-state index is 13.3. The molecular weight excluding hydrogens is 452 g/mol. The number of piperazine rings is 1. The van der Waals surface area contributed by atoms with E-state index in [0.717, 1.165) is 22.6 Å². The van der Waals surface area contributed by atoms with Gasteiger partial charge >= 0.3 is 0 Å². The fraction of sp³-hybridized carbons (Fsp3) is 0.360. The molecule has 2 heterocycles. The van der Waals surface area contributed by atoms with Gasteiger partial charge in [0.05, 0.1) is 19.9 Å². The predicted octanol–water partition coefficient (Wildman–Crippen LogP) is 3.60. The van der Waals surface area contributed by atoms with Gasteiger partial charge in [-0.2, -0.15) is 4.31 Å². The summed E-state index contributed by atoms with van der Waals surface area (Å²) < 4.78 is 38.5. The van der Waals surface area contributed by atoms with E-state index in [-0.39, 0.29) is 10.6 Å². The first kappa shape index (κ1) is 24.0. The van der Waals surface area contributed by atoms with Crippen LogP contribution in [0.3, 0.4) is 0 Å². The maximum atomic E-state index is 13.3. The predicted molar refractivity (Wildman–Crippen MR) is 132 cm³/mol. The zero-order valence-electron chi connectivity index (χ0n) is 20.2. The van der Waals surface area contributed by atoms with E-state index in [0.29, 0.717) is 31.9 Å².